The number of carbonyl (C=O) groups is 1. The lowest BCUT2D eigenvalue weighted by atomic mass is 10.0. The minimum absolute atomic E-state index is 0.000886. The van der Waals surface area contributed by atoms with Crippen molar-refractivity contribution in [2.45, 2.75) is 33.1 Å². The monoisotopic (exact) mass is 479 g/mol. The van der Waals surface area contributed by atoms with Gasteiger partial charge in [0.2, 0.25) is 5.89 Å². The number of aromatic nitrogens is 3. The zero-order valence-electron chi connectivity index (χ0n) is 18.9. The van der Waals surface area contributed by atoms with Crippen LogP contribution >= 0.6 is 0 Å². The van der Waals surface area contributed by atoms with Crippen molar-refractivity contribution in [2.75, 3.05) is 0 Å². The average molecular weight is 479 g/mol. The number of ketones is 1. The Kier molecular flexibility index (Phi) is 5.55. The summed E-state index contributed by atoms with van der Waals surface area (Å²) < 4.78 is 48.5. The maximum absolute atomic E-state index is 13.0. The molecule has 3 heterocycles. The molecule has 5 rings (SSSR count). The molecule has 6 nitrogen and oxygen atoms in total. The van der Waals surface area contributed by atoms with E-state index in [1.54, 1.807) is 6.07 Å². The normalized spacial score (nSPS) is 11.9. The Balaban J connectivity index is 1.32. The van der Waals surface area contributed by atoms with E-state index in [0.29, 0.717) is 40.9 Å². The Morgan fingerprint density at radius 1 is 1.03 bits per heavy atom. The summed E-state index contributed by atoms with van der Waals surface area (Å²) in [6.07, 6.45) is -2.07. The summed E-state index contributed by atoms with van der Waals surface area (Å²) in [4.78, 5) is 22.0. The molecule has 0 aliphatic carbocycles. The van der Waals surface area contributed by atoms with Crippen molar-refractivity contribution in [1.82, 2.24) is 14.4 Å². The van der Waals surface area contributed by atoms with Gasteiger partial charge in [-0.3, -0.25) is 9.20 Å². The average Bonchev–Trinajstić information content (AvgIpc) is 3.36. The molecule has 0 bridgehead atoms. The number of halogens is 3. The molecule has 0 unspecified atom stereocenters. The molecule has 0 amide bonds. The number of pyridine rings is 1. The number of carbonyl (C=O) groups excluding carboxylic acids is 1. The maximum atomic E-state index is 13.0. The summed E-state index contributed by atoms with van der Waals surface area (Å²) >= 11 is 0. The second-order valence-corrected chi connectivity index (χ2v) is 8.29. The number of rotatable bonds is 6. The third-order valence-electron chi connectivity index (χ3n) is 5.65. The van der Waals surface area contributed by atoms with E-state index in [0.717, 1.165) is 16.8 Å². The summed E-state index contributed by atoms with van der Waals surface area (Å²) in [5, 5.41) is 0. The van der Waals surface area contributed by atoms with Crippen LogP contribution in [-0.2, 0) is 6.42 Å². The van der Waals surface area contributed by atoms with Gasteiger partial charge >= 0.3 is 6.36 Å². The van der Waals surface area contributed by atoms with E-state index in [-0.39, 0.29) is 17.4 Å². The van der Waals surface area contributed by atoms with E-state index in [2.05, 4.69) is 14.7 Å². The third-order valence-corrected chi connectivity index (χ3v) is 5.65. The number of oxazole rings is 1. The summed E-state index contributed by atoms with van der Waals surface area (Å²) in [7, 11) is 0. The Bertz CT molecular complexity index is 1550. The van der Waals surface area contributed by atoms with Gasteiger partial charge in [0.15, 0.2) is 11.4 Å². The first-order valence-corrected chi connectivity index (χ1v) is 10.9. The van der Waals surface area contributed by atoms with Crippen molar-refractivity contribution in [1.29, 1.82) is 0 Å². The van der Waals surface area contributed by atoms with Crippen LogP contribution in [0.25, 0.3) is 28.2 Å². The predicted molar refractivity (Wildman–Crippen MR) is 123 cm³/mol. The standard InChI is InChI=1S/C26H20F3N3O3/c1-15-11-12-32-23(13-15)30-16(2)24(32)21(33)9-3-17-4-10-22-20(14-17)31-25(34-22)18-5-7-19(8-6-18)35-26(27,28)29/h4-8,10-14H,3,9H2,1-2H3. The van der Waals surface area contributed by atoms with E-state index in [9.17, 15) is 18.0 Å². The summed E-state index contributed by atoms with van der Waals surface area (Å²) in [6, 6.07) is 14.7. The van der Waals surface area contributed by atoms with Crippen LogP contribution in [0.1, 0.15) is 33.7 Å². The highest BCUT2D eigenvalue weighted by Gasteiger charge is 2.31. The molecule has 0 radical (unpaired) electrons. The van der Waals surface area contributed by atoms with Crippen LogP contribution in [0.3, 0.4) is 0 Å². The number of hydrogen-bond acceptors (Lipinski definition) is 5. The number of imidazole rings is 1. The van der Waals surface area contributed by atoms with Crippen molar-refractivity contribution in [2.24, 2.45) is 0 Å². The largest absolute Gasteiger partial charge is 0.573 e. The van der Waals surface area contributed by atoms with Gasteiger partial charge in [-0.05, 0) is 79.9 Å². The quantitative estimate of drug-likeness (QED) is 0.261. The first-order chi connectivity index (χ1) is 16.7. The van der Waals surface area contributed by atoms with E-state index < -0.39 is 6.36 Å². The van der Waals surface area contributed by atoms with Gasteiger partial charge < -0.3 is 9.15 Å². The fraction of sp³-hybridized carbons (Fsp3) is 0.192. The highest BCUT2D eigenvalue weighted by atomic mass is 19.4. The second-order valence-electron chi connectivity index (χ2n) is 8.29. The molecule has 0 aliphatic heterocycles. The van der Waals surface area contributed by atoms with Crippen molar-refractivity contribution < 1.29 is 27.1 Å². The first-order valence-electron chi connectivity index (χ1n) is 10.9. The van der Waals surface area contributed by atoms with E-state index in [1.165, 1.54) is 24.3 Å². The van der Waals surface area contributed by atoms with Crippen LogP contribution < -0.4 is 4.74 Å². The van der Waals surface area contributed by atoms with Gasteiger partial charge in [-0.1, -0.05) is 6.07 Å². The lowest BCUT2D eigenvalue weighted by Crippen LogP contribution is -2.16. The summed E-state index contributed by atoms with van der Waals surface area (Å²) in [5.74, 6) is -0.0370. The van der Waals surface area contributed by atoms with Crippen LogP contribution in [0.15, 0.2) is 65.2 Å². The number of Topliss-reactive ketones (excluding diaryl/α,β-unsaturated/α-hetero) is 1. The predicted octanol–water partition coefficient (Wildman–Crippen LogP) is 6.47. The number of fused-ring (bicyclic) bond motifs is 2. The van der Waals surface area contributed by atoms with Gasteiger partial charge in [-0.25, -0.2) is 9.97 Å². The number of aryl methyl sites for hydroxylation is 3. The Labute approximate surface area is 198 Å². The molecule has 0 saturated heterocycles. The Morgan fingerprint density at radius 2 is 1.80 bits per heavy atom. The molecule has 178 valence electrons. The summed E-state index contributed by atoms with van der Waals surface area (Å²) in [6.45, 7) is 3.81. The first kappa shape index (κ1) is 22.6. The van der Waals surface area contributed by atoms with Crippen molar-refractivity contribution in [3.63, 3.8) is 0 Å². The number of alkyl halides is 3. The van der Waals surface area contributed by atoms with E-state index >= 15 is 0 Å². The molecule has 5 aromatic rings. The fourth-order valence-electron chi connectivity index (χ4n) is 4.03. The Morgan fingerprint density at radius 3 is 2.54 bits per heavy atom. The number of benzene rings is 2. The molecule has 0 atom stereocenters. The molecule has 0 saturated carbocycles. The molecule has 3 aromatic heterocycles. The topological polar surface area (TPSA) is 69.6 Å². The summed E-state index contributed by atoms with van der Waals surface area (Å²) in [5.41, 5.74) is 5.69. The molecule has 35 heavy (non-hydrogen) atoms. The number of ether oxygens (including phenoxy) is 1. The van der Waals surface area contributed by atoms with Crippen molar-refractivity contribution in [3.05, 3.63) is 83.3 Å². The molecule has 0 aliphatic rings. The van der Waals surface area contributed by atoms with Gasteiger partial charge in [0.25, 0.3) is 0 Å². The lowest BCUT2D eigenvalue weighted by molar-refractivity contribution is -0.274. The van der Waals surface area contributed by atoms with E-state index in [4.69, 9.17) is 4.42 Å². The van der Waals surface area contributed by atoms with Gasteiger partial charge in [0, 0.05) is 18.2 Å². The van der Waals surface area contributed by atoms with Crippen LogP contribution in [0.5, 0.6) is 5.75 Å². The van der Waals surface area contributed by atoms with Crippen molar-refractivity contribution >= 4 is 22.5 Å². The molecule has 2 aromatic carbocycles. The van der Waals surface area contributed by atoms with Gasteiger partial charge in [0.05, 0.1) is 5.69 Å². The lowest BCUT2D eigenvalue weighted by Gasteiger charge is -2.08. The minimum atomic E-state index is -4.75. The molecular formula is C26H20F3N3O3. The highest BCUT2D eigenvalue weighted by Crippen LogP contribution is 2.29. The molecule has 0 fully saturated rings. The molecule has 9 heteroatoms. The highest BCUT2D eigenvalue weighted by molar-refractivity contribution is 5.96. The zero-order valence-corrected chi connectivity index (χ0v) is 18.9. The number of hydrogen-bond donors (Lipinski definition) is 0. The second kappa shape index (κ2) is 8.57. The molecular weight excluding hydrogens is 459 g/mol. The Hall–Kier alpha value is -4.14. The zero-order chi connectivity index (χ0) is 24.7. The minimum Gasteiger partial charge on any atom is -0.436 e. The van der Waals surface area contributed by atoms with Crippen LogP contribution in [0.2, 0.25) is 0 Å². The van der Waals surface area contributed by atoms with Crippen molar-refractivity contribution in [3.8, 4) is 17.2 Å². The smallest absolute Gasteiger partial charge is 0.436 e. The van der Waals surface area contributed by atoms with Gasteiger partial charge in [-0.2, -0.15) is 0 Å². The SMILES string of the molecule is Cc1ccn2c(C(=O)CCc3ccc4oc(-c5ccc(OC(F)(F)F)cc5)nc4c3)c(C)nc2c1. The number of nitrogens with zero attached hydrogens (tertiary/aromatic N) is 3. The van der Waals surface area contributed by atoms with Gasteiger partial charge in [0.1, 0.15) is 22.6 Å². The molecule has 0 spiro atoms. The van der Waals surface area contributed by atoms with Crippen LogP contribution in [0.4, 0.5) is 13.2 Å². The fourth-order valence-corrected chi connectivity index (χ4v) is 4.03. The maximum Gasteiger partial charge on any atom is 0.573 e. The van der Waals surface area contributed by atoms with E-state index in [1.807, 2.05) is 48.7 Å². The third kappa shape index (κ3) is 4.75. The molecule has 0 N–H and O–H groups in total. The van der Waals surface area contributed by atoms with Crippen LogP contribution in [0, 0.1) is 13.8 Å². The van der Waals surface area contributed by atoms with Gasteiger partial charge in [-0.15, -0.1) is 13.2 Å². The van der Waals surface area contributed by atoms with Crippen LogP contribution in [-0.4, -0.2) is 26.5 Å².